The maximum atomic E-state index is 12.6. The second-order valence-electron chi connectivity index (χ2n) is 4.67. The summed E-state index contributed by atoms with van der Waals surface area (Å²) in [7, 11) is -1.84. The minimum Gasteiger partial charge on any atom is -0.312 e. The summed E-state index contributed by atoms with van der Waals surface area (Å²) >= 11 is 1.49. The zero-order valence-electron chi connectivity index (χ0n) is 12.0. The lowest BCUT2D eigenvalue weighted by atomic mass is 10.3. The molecular formula is C13H22N2O2S2. The van der Waals surface area contributed by atoms with Crippen LogP contribution >= 0.6 is 11.3 Å². The van der Waals surface area contributed by atoms with Crippen molar-refractivity contribution >= 4 is 21.4 Å². The van der Waals surface area contributed by atoms with E-state index in [4.69, 9.17) is 0 Å². The summed E-state index contributed by atoms with van der Waals surface area (Å²) in [5, 5.41) is 5.08. The fourth-order valence-corrected chi connectivity index (χ4v) is 4.77. The number of likely N-dealkylation sites (N-methyl/N-ethyl adjacent to an activating group) is 1. The van der Waals surface area contributed by atoms with Crippen LogP contribution in [-0.2, 0) is 16.6 Å². The first-order chi connectivity index (χ1) is 8.80. The third-order valence-corrected chi connectivity index (χ3v) is 5.95. The van der Waals surface area contributed by atoms with E-state index < -0.39 is 10.0 Å². The van der Waals surface area contributed by atoms with Gasteiger partial charge in [-0.3, -0.25) is 0 Å². The van der Waals surface area contributed by atoms with E-state index in [2.05, 4.69) is 11.9 Å². The van der Waals surface area contributed by atoms with Gasteiger partial charge >= 0.3 is 0 Å². The highest BCUT2D eigenvalue weighted by molar-refractivity contribution is 7.89. The number of hydrogen-bond donors (Lipinski definition) is 1. The van der Waals surface area contributed by atoms with E-state index in [9.17, 15) is 8.42 Å². The highest BCUT2D eigenvalue weighted by atomic mass is 32.2. The molecule has 4 nitrogen and oxygen atoms in total. The van der Waals surface area contributed by atoms with Crippen LogP contribution in [0.2, 0.25) is 0 Å². The molecule has 1 heterocycles. The van der Waals surface area contributed by atoms with Crippen LogP contribution in [-0.4, -0.2) is 32.9 Å². The van der Waals surface area contributed by atoms with Gasteiger partial charge in [0.2, 0.25) is 10.0 Å². The predicted molar refractivity (Wildman–Crippen MR) is 81.1 cm³/mol. The maximum Gasteiger partial charge on any atom is 0.244 e. The van der Waals surface area contributed by atoms with Crippen LogP contribution in [0.3, 0.4) is 0 Å². The van der Waals surface area contributed by atoms with Gasteiger partial charge in [0.1, 0.15) is 4.90 Å². The van der Waals surface area contributed by atoms with E-state index >= 15 is 0 Å². The molecule has 0 amide bonds. The zero-order chi connectivity index (χ0) is 14.6. The molecule has 19 heavy (non-hydrogen) atoms. The van der Waals surface area contributed by atoms with Crippen LogP contribution in [0.1, 0.15) is 24.3 Å². The van der Waals surface area contributed by atoms with Crippen molar-refractivity contribution < 1.29 is 8.42 Å². The third kappa shape index (κ3) is 3.89. The van der Waals surface area contributed by atoms with Crippen molar-refractivity contribution in [3.05, 3.63) is 28.0 Å². The Hall–Kier alpha value is -0.690. The summed E-state index contributed by atoms with van der Waals surface area (Å²) in [5.41, 5.74) is 1.64. The molecule has 1 rings (SSSR count). The number of rotatable bonds is 7. The molecule has 0 aliphatic rings. The van der Waals surface area contributed by atoms with Crippen molar-refractivity contribution in [1.29, 1.82) is 0 Å². The number of aryl methyl sites for hydroxylation is 1. The highest BCUT2D eigenvalue weighted by Crippen LogP contribution is 2.29. The van der Waals surface area contributed by atoms with Gasteiger partial charge in [0.25, 0.3) is 0 Å². The second-order valence-corrected chi connectivity index (χ2v) is 7.62. The molecule has 0 aliphatic carbocycles. The Kier molecular flexibility index (Phi) is 5.73. The highest BCUT2D eigenvalue weighted by Gasteiger charge is 2.27. The molecule has 108 valence electrons. The van der Waals surface area contributed by atoms with E-state index in [1.165, 1.54) is 15.6 Å². The molecule has 0 spiro atoms. The molecule has 0 saturated heterocycles. The molecule has 1 aromatic rings. The van der Waals surface area contributed by atoms with Crippen molar-refractivity contribution in [2.24, 2.45) is 0 Å². The molecule has 0 aliphatic heterocycles. The normalized spacial score (nSPS) is 12.1. The molecule has 0 saturated carbocycles. The average molecular weight is 302 g/mol. The van der Waals surface area contributed by atoms with Gasteiger partial charge in [-0.2, -0.15) is 4.31 Å². The minimum atomic E-state index is -3.44. The van der Waals surface area contributed by atoms with Crippen LogP contribution in [0.5, 0.6) is 0 Å². The first kappa shape index (κ1) is 16.4. The first-order valence-corrected chi connectivity index (χ1v) is 8.51. The van der Waals surface area contributed by atoms with Gasteiger partial charge in [-0.1, -0.05) is 19.1 Å². The number of hydrogen-bond acceptors (Lipinski definition) is 4. The lowest BCUT2D eigenvalue weighted by molar-refractivity contribution is 0.491. The van der Waals surface area contributed by atoms with Crippen LogP contribution in [0, 0.1) is 6.92 Å². The predicted octanol–water partition coefficient (Wildman–Crippen LogP) is 2.36. The summed E-state index contributed by atoms with van der Waals surface area (Å²) in [6, 6.07) is 0. The number of nitrogens with one attached hydrogen (secondary N) is 1. The van der Waals surface area contributed by atoms with E-state index in [-0.39, 0.29) is 0 Å². The monoisotopic (exact) mass is 302 g/mol. The fraction of sp³-hybridized carbons (Fsp3) is 0.538. The lowest BCUT2D eigenvalue weighted by Crippen LogP contribution is -2.29. The van der Waals surface area contributed by atoms with Crippen molar-refractivity contribution in [3.63, 3.8) is 0 Å². The molecule has 0 unspecified atom stereocenters. The zero-order valence-corrected chi connectivity index (χ0v) is 13.6. The maximum absolute atomic E-state index is 12.6. The van der Waals surface area contributed by atoms with Gasteiger partial charge in [0.15, 0.2) is 0 Å². The summed E-state index contributed by atoms with van der Waals surface area (Å²) in [6.45, 7) is 11.2. The molecule has 1 N–H and O–H groups in total. The number of sulfonamides is 1. The summed E-state index contributed by atoms with van der Waals surface area (Å²) < 4.78 is 26.6. The summed E-state index contributed by atoms with van der Waals surface area (Å²) in [6.07, 6.45) is 0. The SMILES string of the molecule is C=C(C)CN(C)S(=O)(=O)c1c(C)csc1CNCC. The fourth-order valence-electron chi connectivity index (χ4n) is 1.82. The summed E-state index contributed by atoms with van der Waals surface area (Å²) in [4.78, 5) is 1.31. The van der Waals surface area contributed by atoms with Crippen LogP contribution in [0.25, 0.3) is 0 Å². The minimum absolute atomic E-state index is 0.346. The Balaban J connectivity index is 3.13. The van der Waals surface area contributed by atoms with Crippen LogP contribution < -0.4 is 5.32 Å². The van der Waals surface area contributed by atoms with Crippen molar-refractivity contribution in [2.45, 2.75) is 32.2 Å². The number of thiophene rings is 1. The molecule has 0 bridgehead atoms. The van der Waals surface area contributed by atoms with Gasteiger partial charge in [-0.15, -0.1) is 11.3 Å². The quantitative estimate of drug-likeness (QED) is 0.787. The lowest BCUT2D eigenvalue weighted by Gasteiger charge is -2.18. The Morgan fingerprint density at radius 3 is 2.68 bits per heavy atom. The van der Waals surface area contributed by atoms with Gasteiger partial charge in [-0.25, -0.2) is 8.42 Å². The first-order valence-electron chi connectivity index (χ1n) is 6.19. The molecular weight excluding hydrogens is 280 g/mol. The second kappa shape index (κ2) is 6.65. The van der Waals surface area contributed by atoms with Crippen molar-refractivity contribution in [1.82, 2.24) is 9.62 Å². The van der Waals surface area contributed by atoms with Crippen LogP contribution in [0.4, 0.5) is 0 Å². The van der Waals surface area contributed by atoms with Gasteiger partial charge in [0.05, 0.1) is 0 Å². The Labute approximate surface area is 120 Å². The van der Waals surface area contributed by atoms with E-state index in [1.807, 2.05) is 26.2 Å². The van der Waals surface area contributed by atoms with Crippen molar-refractivity contribution in [3.8, 4) is 0 Å². The van der Waals surface area contributed by atoms with E-state index in [0.717, 1.165) is 22.6 Å². The molecule has 6 heteroatoms. The Bertz CT molecular complexity index is 547. The Morgan fingerprint density at radius 1 is 1.53 bits per heavy atom. The Morgan fingerprint density at radius 2 is 2.16 bits per heavy atom. The molecule has 1 aromatic heterocycles. The molecule has 0 atom stereocenters. The standard InChI is InChI=1S/C13H22N2O2S2/c1-6-14-7-12-13(11(4)9-18-12)19(16,17)15(5)8-10(2)3/h9,14H,2,6-8H2,1,3-5H3. The summed E-state index contributed by atoms with van der Waals surface area (Å²) in [5.74, 6) is 0. The average Bonchev–Trinajstić information content (AvgIpc) is 2.67. The third-order valence-electron chi connectivity index (χ3n) is 2.69. The van der Waals surface area contributed by atoms with Gasteiger partial charge < -0.3 is 5.32 Å². The molecule has 0 fully saturated rings. The molecule has 0 radical (unpaired) electrons. The van der Waals surface area contributed by atoms with E-state index in [0.29, 0.717) is 18.0 Å². The number of nitrogens with zero attached hydrogens (tertiary/aromatic N) is 1. The van der Waals surface area contributed by atoms with Gasteiger partial charge in [0, 0.05) is 25.0 Å². The van der Waals surface area contributed by atoms with Crippen LogP contribution in [0.15, 0.2) is 22.4 Å². The smallest absolute Gasteiger partial charge is 0.244 e. The van der Waals surface area contributed by atoms with Crippen molar-refractivity contribution in [2.75, 3.05) is 20.1 Å². The van der Waals surface area contributed by atoms with Gasteiger partial charge in [-0.05, 0) is 31.3 Å². The van der Waals surface area contributed by atoms with E-state index in [1.54, 1.807) is 7.05 Å². The topological polar surface area (TPSA) is 49.4 Å². The molecule has 0 aromatic carbocycles. The largest absolute Gasteiger partial charge is 0.312 e.